The number of para-hydroxylation sites is 1. The van der Waals surface area contributed by atoms with Gasteiger partial charge in [0, 0.05) is 5.92 Å². The van der Waals surface area contributed by atoms with E-state index in [1.807, 2.05) is 37.3 Å². The zero-order valence-electron chi connectivity index (χ0n) is 11.5. The van der Waals surface area contributed by atoms with Crippen LogP contribution in [0.25, 0.3) is 0 Å². The molecule has 1 aromatic carbocycles. The van der Waals surface area contributed by atoms with Crippen LogP contribution in [0.1, 0.15) is 19.8 Å². The van der Waals surface area contributed by atoms with E-state index in [0.29, 0.717) is 0 Å². The Morgan fingerprint density at radius 1 is 1.17 bits per heavy atom. The molecule has 0 spiro atoms. The Balaban J connectivity index is 2.49. The second-order valence-corrected chi connectivity index (χ2v) is 9.52. The third-order valence-corrected chi connectivity index (χ3v) is 5.48. The van der Waals surface area contributed by atoms with Gasteiger partial charge >= 0.3 is 0 Å². The molecule has 0 heterocycles. The van der Waals surface area contributed by atoms with E-state index in [1.165, 1.54) is 0 Å². The van der Waals surface area contributed by atoms with Crippen molar-refractivity contribution >= 4 is 8.32 Å². The Labute approximate surface area is 111 Å². The topological polar surface area (TPSA) is 49.7 Å². The average molecular weight is 268 g/mol. The third kappa shape index (κ3) is 5.21. The van der Waals surface area contributed by atoms with Crippen molar-refractivity contribution in [3.63, 3.8) is 0 Å². The zero-order chi connectivity index (χ0) is 13.6. The van der Waals surface area contributed by atoms with Gasteiger partial charge in [0.15, 0.2) is 6.29 Å². The second kappa shape index (κ2) is 6.92. The lowest BCUT2D eigenvalue weighted by Crippen LogP contribution is -2.35. The van der Waals surface area contributed by atoms with E-state index in [0.717, 1.165) is 24.6 Å². The van der Waals surface area contributed by atoms with E-state index in [4.69, 9.17) is 4.43 Å². The Morgan fingerprint density at radius 2 is 1.78 bits per heavy atom. The van der Waals surface area contributed by atoms with Crippen molar-refractivity contribution in [2.45, 2.75) is 45.2 Å². The lowest BCUT2D eigenvalue weighted by atomic mass is 10.0. The molecule has 3 nitrogen and oxygen atoms in total. The van der Waals surface area contributed by atoms with Crippen LogP contribution >= 0.6 is 0 Å². The van der Waals surface area contributed by atoms with Crippen molar-refractivity contribution in [2.75, 3.05) is 0 Å². The highest BCUT2D eigenvalue weighted by Gasteiger charge is 2.27. The minimum Gasteiger partial charge on any atom is -0.544 e. The molecule has 1 aromatic rings. The Hall–Kier alpha value is -0.843. The summed E-state index contributed by atoms with van der Waals surface area (Å²) in [5.74, 6) is 0.864. The molecular weight excluding hydrogens is 244 g/mol. The number of aliphatic hydroxyl groups is 2. The Kier molecular flexibility index (Phi) is 5.85. The van der Waals surface area contributed by atoms with Crippen LogP contribution < -0.4 is 4.43 Å². The summed E-state index contributed by atoms with van der Waals surface area (Å²) in [4.78, 5) is 0. The maximum Gasteiger partial charge on any atom is 0.245 e. The second-order valence-electron chi connectivity index (χ2n) is 5.30. The largest absolute Gasteiger partial charge is 0.544 e. The highest BCUT2D eigenvalue weighted by atomic mass is 28.4. The number of benzene rings is 1. The normalized spacial score (nSPS) is 13.7. The summed E-state index contributed by atoms with van der Waals surface area (Å²) in [6.45, 7) is 6.31. The van der Waals surface area contributed by atoms with E-state index in [9.17, 15) is 10.2 Å². The van der Waals surface area contributed by atoms with Crippen LogP contribution in [-0.4, -0.2) is 24.8 Å². The first-order chi connectivity index (χ1) is 8.44. The molecule has 0 radical (unpaired) electrons. The molecule has 0 aliphatic rings. The van der Waals surface area contributed by atoms with Crippen LogP contribution in [0.5, 0.6) is 5.75 Å². The van der Waals surface area contributed by atoms with Gasteiger partial charge in [0.2, 0.25) is 8.32 Å². The van der Waals surface area contributed by atoms with Gasteiger partial charge in [0.05, 0.1) is 0 Å². The zero-order valence-corrected chi connectivity index (χ0v) is 12.5. The van der Waals surface area contributed by atoms with Gasteiger partial charge in [0.25, 0.3) is 0 Å². The molecule has 1 rings (SSSR count). The van der Waals surface area contributed by atoms with Gasteiger partial charge in [-0.1, -0.05) is 25.1 Å². The van der Waals surface area contributed by atoms with Gasteiger partial charge in [-0.25, -0.2) is 0 Å². The molecule has 102 valence electrons. The van der Waals surface area contributed by atoms with E-state index >= 15 is 0 Å². The standard InChI is InChI=1S/C14H24O3Si/c1-4-12(14(15)16)10-11-18(2,3)17-13-8-6-5-7-9-13/h5-9,12,14-16H,4,10-11H2,1-3H3. The van der Waals surface area contributed by atoms with Crippen molar-refractivity contribution in [2.24, 2.45) is 5.92 Å². The van der Waals surface area contributed by atoms with Crippen LogP contribution in [0, 0.1) is 5.92 Å². The highest BCUT2D eigenvalue weighted by molar-refractivity contribution is 6.71. The number of rotatable bonds is 7. The number of hydrogen-bond acceptors (Lipinski definition) is 3. The molecule has 0 aromatic heterocycles. The van der Waals surface area contributed by atoms with Gasteiger partial charge in [0.1, 0.15) is 5.75 Å². The summed E-state index contributed by atoms with van der Waals surface area (Å²) in [5.41, 5.74) is 0. The summed E-state index contributed by atoms with van der Waals surface area (Å²) >= 11 is 0. The first-order valence-electron chi connectivity index (χ1n) is 6.55. The monoisotopic (exact) mass is 268 g/mol. The fourth-order valence-electron chi connectivity index (χ4n) is 1.96. The fraction of sp³-hybridized carbons (Fsp3) is 0.571. The SMILES string of the molecule is CCC(CC[Si](C)(C)Oc1ccccc1)C(O)O. The number of hydrogen-bond donors (Lipinski definition) is 2. The summed E-state index contributed by atoms with van der Waals surface area (Å²) in [5, 5.41) is 18.5. The molecule has 2 N–H and O–H groups in total. The minimum absolute atomic E-state index is 0.0452. The van der Waals surface area contributed by atoms with Gasteiger partial charge in [-0.05, 0) is 44.1 Å². The van der Waals surface area contributed by atoms with Gasteiger partial charge < -0.3 is 14.6 Å². The van der Waals surface area contributed by atoms with E-state index in [1.54, 1.807) is 0 Å². The molecular formula is C14H24O3Si. The van der Waals surface area contributed by atoms with Crippen molar-refractivity contribution in [3.05, 3.63) is 30.3 Å². The minimum atomic E-state index is -1.79. The molecule has 0 fully saturated rings. The van der Waals surface area contributed by atoms with Gasteiger partial charge in [-0.15, -0.1) is 0 Å². The van der Waals surface area contributed by atoms with Gasteiger partial charge in [-0.3, -0.25) is 0 Å². The quantitative estimate of drug-likeness (QED) is 0.590. The van der Waals surface area contributed by atoms with Crippen LogP contribution in [0.2, 0.25) is 19.1 Å². The summed E-state index contributed by atoms with van der Waals surface area (Å²) in [6, 6.07) is 10.8. The van der Waals surface area contributed by atoms with Crippen molar-refractivity contribution in [1.82, 2.24) is 0 Å². The Morgan fingerprint density at radius 3 is 2.28 bits per heavy atom. The summed E-state index contributed by atoms with van der Waals surface area (Å²) < 4.78 is 6.05. The molecule has 0 bridgehead atoms. The van der Waals surface area contributed by atoms with Crippen LogP contribution in [0.15, 0.2) is 30.3 Å². The summed E-state index contributed by atoms with van der Waals surface area (Å²) in [7, 11) is -1.79. The van der Waals surface area contributed by atoms with Crippen molar-refractivity contribution < 1.29 is 14.6 Å². The molecule has 0 saturated heterocycles. The third-order valence-electron chi connectivity index (χ3n) is 3.20. The predicted molar refractivity (Wildman–Crippen MR) is 76.0 cm³/mol. The van der Waals surface area contributed by atoms with Gasteiger partial charge in [-0.2, -0.15) is 0 Å². The van der Waals surface area contributed by atoms with Crippen LogP contribution in [0.4, 0.5) is 0 Å². The molecule has 0 aliphatic heterocycles. The molecule has 0 aliphatic carbocycles. The highest BCUT2D eigenvalue weighted by Crippen LogP contribution is 2.24. The molecule has 1 atom stereocenters. The van der Waals surface area contributed by atoms with Crippen LogP contribution in [-0.2, 0) is 0 Å². The predicted octanol–water partition coefficient (Wildman–Crippen LogP) is 3.00. The molecule has 0 saturated carbocycles. The smallest absolute Gasteiger partial charge is 0.245 e. The molecule has 0 amide bonds. The van der Waals surface area contributed by atoms with Crippen LogP contribution in [0.3, 0.4) is 0 Å². The van der Waals surface area contributed by atoms with E-state index in [2.05, 4.69) is 13.1 Å². The fourth-order valence-corrected chi connectivity index (χ4v) is 3.90. The maximum absolute atomic E-state index is 9.23. The lowest BCUT2D eigenvalue weighted by Gasteiger charge is -2.26. The lowest BCUT2D eigenvalue weighted by molar-refractivity contribution is -0.0855. The maximum atomic E-state index is 9.23. The van der Waals surface area contributed by atoms with E-state index in [-0.39, 0.29) is 5.92 Å². The van der Waals surface area contributed by atoms with Crippen molar-refractivity contribution in [1.29, 1.82) is 0 Å². The average Bonchev–Trinajstić information content (AvgIpc) is 2.29. The molecule has 4 heteroatoms. The molecule has 1 unspecified atom stereocenters. The van der Waals surface area contributed by atoms with E-state index < -0.39 is 14.6 Å². The summed E-state index contributed by atoms with van der Waals surface area (Å²) in [6.07, 6.45) is 0.379. The van der Waals surface area contributed by atoms with Crippen molar-refractivity contribution in [3.8, 4) is 5.75 Å². The Bertz CT molecular complexity index is 338. The number of aliphatic hydroxyl groups excluding tert-OH is 1. The first-order valence-corrected chi connectivity index (χ1v) is 9.66. The molecule has 18 heavy (non-hydrogen) atoms. The first kappa shape index (κ1) is 15.2.